The zero-order chi connectivity index (χ0) is 14.4. The number of morpholine rings is 1. The van der Waals surface area contributed by atoms with Gasteiger partial charge in [-0.2, -0.15) is 0 Å². The van der Waals surface area contributed by atoms with Gasteiger partial charge in [0, 0.05) is 19.3 Å². The number of pyridine rings is 1. The first kappa shape index (κ1) is 15.2. The van der Waals surface area contributed by atoms with Crippen molar-refractivity contribution in [3.8, 4) is 5.75 Å². The Labute approximate surface area is 121 Å². The minimum atomic E-state index is 0.0606. The molecule has 2 atom stereocenters. The second kappa shape index (κ2) is 7.57. The van der Waals surface area contributed by atoms with Crippen LogP contribution in [0.5, 0.6) is 5.75 Å². The minimum Gasteiger partial charge on any atom is -0.495 e. The third kappa shape index (κ3) is 3.48. The van der Waals surface area contributed by atoms with Crippen LogP contribution >= 0.6 is 0 Å². The largest absolute Gasteiger partial charge is 0.495 e. The van der Waals surface area contributed by atoms with Crippen LogP contribution in [0.1, 0.15) is 25.6 Å². The van der Waals surface area contributed by atoms with Crippen molar-refractivity contribution in [2.75, 3.05) is 39.9 Å². The van der Waals surface area contributed by atoms with Crippen molar-refractivity contribution < 1.29 is 9.47 Å². The second-order valence-corrected chi connectivity index (χ2v) is 4.93. The summed E-state index contributed by atoms with van der Waals surface area (Å²) in [7, 11) is 1.68. The van der Waals surface area contributed by atoms with Gasteiger partial charge in [0.1, 0.15) is 11.4 Å². The fourth-order valence-electron chi connectivity index (χ4n) is 2.65. The van der Waals surface area contributed by atoms with Gasteiger partial charge in [-0.25, -0.2) is 0 Å². The van der Waals surface area contributed by atoms with Crippen molar-refractivity contribution in [1.82, 2.24) is 15.2 Å². The van der Waals surface area contributed by atoms with E-state index in [9.17, 15) is 0 Å². The average Bonchev–Trinajstić information content (AvgIpc) is 2.52. The standard InChI is InChI=1S/C15H25N3O2/c1-4-16-15(13-11-18(5-2)9-10-20-13)14-12(19-3)7-6-8-17-14/h6-8,13,15-16H,4-5,9-11H2,1-3H3. The molecule has 5 heteroatoms. The molecule has 1 aromatic rings. The van der Waals surface area contributed by atoms with E-state index in [1.165, 1.54) is 0 Å². The van der Waals surface area contributed by atoms with Crippen LogP contribution in [0, 0.1) is 0 Å². The molecule has 0 bridgehead atoms. The summed E-state index contributed by atoms with van der Waals surface area (Å²) in [6.45, 7) is 8.91. The minimum absolute atomic E-state index is 0.0606. The summed E-state index contributed by atoms with van der Waals surface area (Å²) in [6, 6.07) is 3.91. The number of likely N-dealkylation sites (N-methyl/N-ethyl adjacent to an activating group) is 2. The molecule has 2 unspecified atom stereocenters. The van der Waals surface area contributed by atoms with Crippen LogP contribution in [0.4, 0.5) is 0 Å². The van der Waals surface area contributed by atoms with Gasteiger partial charge in [-0.05, 0) is 25.2 Å². The van der Waals surface area contributed by atoms with Gasteiger partial charge in [-0.15, -0.1) is 0 Å². The van der Waals surface area contributed by atoms with Crippen LogP contribution in [0.3, 0.4) is 0 Å². The van der Waals surface area contributed by atoms with E-state index < -0.39 is 0 Å². The maximum Gasteiger partial charge on any atom is 0.142 e. The topological polar surface area (TPSA) is 46.6 Å². The number of nitrogens with one attached hydrogen (secondary N) is 1. The highest BCUT2D eigenvalue weighted by molar-refractivity contribution is 5.30. The van der Waals surface area contributed by atoms with Gasteiger partial charge in [-0.1, -0.05) is 13.8 Å². The zero-order valence-corrected chi connectivity index (χ0v) is 12.6. The Kier molecular flexibility index (Phi) is 5.76. The molecular formula is C15H25N3O2. The summed E-state index contributed by atoms with van der Waals surface area (Å²) in [4.78, 5) is 6.92. The number of methoxy groups -OCH3 is 1. The van der Waals surface area contributed by atoms with E-state index in [-0.39, 0.29) is 12.1 Å². The fourth-order valence-corrected chi connectivity index (χ4v) is 2.65. The van der Waals surface area contributed by atoms with Crippen LogP contribution in [0.25, 0.3) is 0 Å². The number of aromatic nitrogens is 1. The predicted octanol–water partition coefficient (Wildman–Crippen LogP) is 1.46. The molecule has 0 amide bonds. The summed E-state index contributed by atoms with van der Waals surface area (Å²) < 4.78 is 11.4. The van der Waals surface area contributed by atoms with Crippen LogP contribution in [-0.2, 0) is 4.74 Å². The Hall–Kier alpha value is -1.17. The van der Waals surface area contributed by atoms with Crippen molar-refractivity contribution in [3.05, 3.63) is 24.0 Å². The lowest BCUT2D eigenvalue weighted by Gasteiger charge is -2.36. The van der Waals surface area contributed by atoms with E-state index in [0.29, 0.717) is 0 Å². The van der Waals surface area contributed by atoms with Crippen molar-refractivity contribution in [2.24, 2.45) is 0 Å². The highest BCUT2D eigenvalue weighted by atomic mass is 16.5. The summed E-state index contributed by atoms with van der Waals surface area (Å²) in [5.41, 5.74) is 0.930. The van der Waals surface area contributed by atoms with Gasteiger partial charge >= 0.3 is 0 Å². The van der Waals surface area contributed by atoms with Crippen LogP contribution in [0.15, 0.2) is 18.3 Å². The molecule has 0 saturated carbocycles. The molecule has 0 spiro atoms. The lowest BCUT2D eigenvalue weighted by molar-refractivity contribution is -0.0463. The number of ether oxygens (including phenoxy) is 2. The van der Waals surface area contributed by atoms with Crippen LogP contribution < -0.4 is 10.1 Å². The molecule has 1 aliphatic rings. The molecule has 1 fully saturated rings. The highest BCUT2D eigenvalue weighted by Gasteiger charge is 2.30. The molecule has 0 aliphatic carbocycles. The Balaban J connectivity index is 2.21. The van der Waals surface area contributed by atoms with Gasteiger partial charge in [0.05, 0.1) is 25.9 Å². The molecule has 1 saturated heterocycles. The summed E-state index contributed by atoms with van der Waals surface area (Å²) in [6.07, 6.45) is 1.91. The number of rotatable bonds is 6. The van der Waals surface area contributed by atoms with Gasteiger partial charge in [-0.3, -0.25) is 9.88 Å². The van der Waals surface area contributed by atoms with Gasteiger partial charge in [0.2, 0.25) is 0 Å². The van der Waals surface area contributed by atoms with Crippen molar-refractivity contribution in [1.29, 1.82) is 0 Å². The molecule has 1 aliphatic heterocycles. The number of hydrogen-bond donors (Lipinski definition) is 1. The smallest absolute Gasteiger partial charge is 0.142 e. The molecule has 2 heterocycles. The normalized spacial score (nSPS) is 21.6. The van der Waals surface area contributed by atoms with Crippen molar-refractivity contribution in [3.63, 3.8) is 0 Å². The van der Waals surface area contributed by atoms with E-state index in [1.54, 1.807) is 7.11 Å². The molecule has 0 aromatic carbocycles. The third-order valence-electron chi connectivity index (χ3n) is 3.73. The van der Waals surface area contributed by atoms with Crippen LogP contribution in [0.2, 0.25) is 0 Å². The monoisotopic (exact) mass is 279 g/mol. The van der Waals surface area contributed by atoms with Crippen molar-refractivity contribution >= 4 is 0 Å². The quantitative estimate of drug-likeness (QED) is 0.854. The lowest BCUT2D eigenvalue weighted by atomic mass is 10.0. The van der Waals surface area contributed by atoms with E-state index in [2.05, 4.69) is 29.0 Å². The Bertz CT molecular complexity index is 414. The van der Waals surface area contributed by atoms with E-state index in [4.69, 9.17) is 9.47 Å². The van der Waals surface area contributed by atoms with E-state index in [0.717, 1.165) is 44.2 Å². The Morgan fingerprint density at radius 2 is 2.40 bits per heavy atom. The van der Waals surface area contributed by atoms with E-state index >= 15 is 0 Å². The lowest BCUT2D eigenvalue weighted by Crippen LogP contribution is -2.48. The molecule has 1 N–H and O–H groups in total. The first-order valence-electron chi connectivity index (χ1n) is 7.36. The molecule has 20 heavy (non-hydrogen) atoms. The Morgan fingerprint density at radius 3 is 3.10 bits per heavy atom. The maximum absolute atomic E-state index is 5.98. The summed E-state index contributed by atoms with van der Waals surface area (Å²) in [5.74, 6) is 0.815. The first-order chi connectivity index (χ1) is 9.80. The van der Waals surface area contributed by atoms with Gasteiger partial charge in [0.25, 0.3) is 0 Å². The Morgan fingerprint density at radius 1 is 1.55 bits per heavy atom. The van der Waals surface area contributed by atoms with E-state index in [1.807, 2.05) is 18.3 Å². The summed E-state index contributed by atoms with van der Waals surface area (Å²) in [5, 5.41) is 3.49. The SMILES string of the molecule is CCNC(c1ncccc1OC)C1CN(CC)CCO1. The van der Waals surface area contributed by atoms with Crippen LogP contribution in [-0.4, -0.2) is 55.9 Å². The second-order valence-electron chi connectivity index (χ2n) is 4.93. The first-order valence-corrected chi connectivity index (χ1v) is 7.36. The zero-order valence-electron chi connectivity index (χ0n) is 12.6. The number of nitrogens with zero attached hydrogens (tertiary/aromatic N) is 2. The van der Waals surface area contributed by atoms with Gasteiger partial charge < -0.3 is 14.8 Å². The van der Waals surface area contributed by atoms with Gasteiger partial charge in [0.15, 0.2) is 0 Å². The molecule has 112 valence electrons. The van der Waals surface area contributed by atoms with Crippen molar-refractivity contribution in [2.45, 2.75) is 26.0 Å². The average molecular weight is 279 g/mol. The molecule has 5 nitrogen and oxygen atoms in total. The molecular weight excluding hydrogens is 254 g/mol. The molecule has 0 radical (unpaired) electrons. The molecule has 1 aromatic heterocycles. The fraction of sp³-hybridized carbons (Fsp3) is 0.667. The number of hydrogen-bond acceptors (Lipinski definition) is 5. The molecule has 2 rings (SSSR count). The predicted molar refractivity (Wildman–Crippen MR) is 79.1 cm³/mol. The third-order valence-corrected chi connectivity index (χ3v) is 3.73. The highest BCUT2D eigenvalue weighted by Crippen LogP contribution is 2.27. The summed E-state index contributed by atoms with van der Waals surface area (Å²) >= 11 is 0. The maximum atomic E-state index is 5.98.